The van der Waals surface area contributed by atoms with Crippen LogP contribution in [0.1, 0.15) is 11.3 Å². The smallest absolute Gasteiger partial charge is 0.230 e. The summed E-state index contributed by atoms with van der Waals surface area (Å²) in [5.74, 6) is 1.12. The van der Waals surface area contributed by atoms with E-state index in [2.05, 4.69) is 10.5 Å². The van der Waals surface area contributed by atoms with Crippen molar-refractivity contribution in [1.82, 2.24) is 5.16 Å². The molecule has 0 radical (unpaired) electrons. The average Bonchev–Trinajstić information content (AvgIpc) is 3.06. The molecule has 3 aromatic carbocycles. The molecular weight excluding hydrogens is 340 g/mol. The van der Waals surface area contributed by atoms with Gasteiger partial charge >= 0.3 is 0 Å². The Hall–Kier alpha value is -3.60. The number of ether oxygens (including phenoxy) is 1. The van der Waals surface area contributed by atoms with Gasteiger partial charge in [-0.25, -0.2) is 0 Å². The van der Waals surface area contributed by atoms with E-state index in [9.17, 15) is 4.79 Å². The molecule has 5 nitrogen and oxygen atoms in total. The van der Waals surface area contributed by atoms with Gasteiger partial charge in [0, 0.05) is 5.39 Å². The summed E-state index contributed by atoms with van der Waals surface area (Å²) in [6, 6.07) is 22.6. The quantitative estimate of drug-likeness (QED) is 0.538. The number of aryl methyl sites for hydroxylation is 1. The monoisotopic (exact) mass is 358 g/mol. The molecule has 134 valence electrons. The average molecular weight is 358 g/mol. The molecule has 1 N–H and O–H groups in total. The SMILES string of the molecule is Cc1cccc(Oc2ccccc2NC(=O)Cc2noc3ccccc23)c1. The highest BCUT2D eigenvalue weighted by Gasteiger charge is 2.14. The van der Waals surface area contributed by atoms with Crippen LogP contribution in [0, 0.1) is 6.92 Å². The van der Waals surface area contributed by atoms with Crippen LogP contribution in [0.5, 0.6) is 11.5 Å². The number of carbonyl (C=O) groups is 1. The van der Waals surface area contributed by atoms with E-state index in [0.717, 1.165) is 16.7 Å². The molecule has 5 heteroatoms. The maximum absolute atomic E-state index is 12.5. The number of aromatic nitrogens is 1. The van der Waals surface area contributed by atoms with E-state index in [4.69, 9.17) is 9.26 Å². The van der Waals surface area contributed by atoms with Crippen molar-refractivity contribution >= 4 is 22.6 Å². The highest BCUT2D eigenvalue weighted by atomic mass is 16.5. The van der Waals surface area contributed by atoms with Crippen LogP contribution in [0.15, 0.2) is 77.3 Å². The maximum atomic E-state index is 12.5. The van der Waals surface area contributed by atoms with Crippen LogP contribution in [-0.4, -0.2) is 11.1 Å². The predicted molar refractivity (Wildman–Crippen MR) is 104 cm³/mol. The lowest BCUT2D eigenvalue weighted by atomic mass is 10.1. The summed E-state index contributed by atoms with van der Waals surface area (Å²) in [6.45, 7) is 2.00. The van der Waals surface area contributed by atoms with Crippen LogP contribution in [0.3, 0.4) is 0 Å². The standard InChI is InChI=1S/C22H18N2O3/c1-15-7-6-8-16(13-15)26-21-12-5-3-10-18(21)23-22(25)14-19-17-9-2-4-11-20(17)27-24-19/h2-13H,14H2,1H3,(H,23,25). The molecule has 0 atom stereocenters. The number of nitrogens with zero attached hydrogens (tertiary/aromatic N) is 1. The predicted octanol–water partition coefficient (Wildman–Crippen LogP) is 5.11. The third-order valence-electron chi connectivity index (χ3n) is 4.16. The number of hydrogen-bond donors (Lipinski definition) is 1. The summed E-state index contributed by atoms with van der Waals surface area (Å²) >= 11 is 0. The summed E-state index contributed by atoms with van der Waals surface area (Å²) < 4.78 is 11.2. The first-order valence-corrected chi connectivity index (χ1v) is 8.66. The summed E-state index contributed by atoms with van der Waals surface area (Å²) in [4.78, 5) is 12.5. The number of carbonyl (C=O) groups excluding carboxylic acids is 1. The van der Waals surface area contributed by atoms with Crippen molar-refractivity contribution in [2.24, 2.45) is 0 Å². The topological polar surface area (TPSA) is 64.4 Å². The van der Waals surface area contributed by atoms with Gasteiger partial charge < -0.3 is 14.6 Å². The van der Waals surface area contributed by atoms with Crippen LogP contribution >= 0.6 is 0 Å². The molecular formula is C22H18N2O3. The van der Waals surface area contributed by atoms with Gasteiger partial charge in [0.15, 0.2) is 11.3 Å². The van der Waals surface area contributed by atoms with Gasteiger partial charge in [-0.15, -0.1) is 0 Å². The van der Waals surface area contributed by atoms with E-state index in [-0.39, 0.29) is 12.3 Å². The molecule has 4 aromatic rings. The molecule has 0 bridgehead atoms. The Kier molecular flexibility index (Phi) is 4.58. The molecule has 1 heterocycles. The second-order valence-corrected chi connectivity index (χ2v) is 6.27. The number of anilines is 1. The van der Waals surface area contributed by atoms with Gasteiger partial charge in [-0.3, -0.25) is 4.79 Å². The Morgan fingerprint density at radius 2 is 1.85 bits per heavy atom. The molecule has 0 saturated heterocycles. The van der Waals surface area contributed by atoms with Crippen molar-refractivity contribution in [3.63, 3.8) is 0 Å². The lowest BCUT2D eigenvalue weighted by Gasteiger charge is -2.12. The van der Waals surface area contributed by atoms with E-state index >= 15 is 0 Å². The minimum atomic E-state index is -0.186. The number of fused-ring (bicyclic) bond motifs is 1. The molecule has 0 spiro atoms. The van der Waals surface area contributed by atoms with Crippen LogP contribution in [0.4, 0.5) is 5.69 Å². The fourth-order valence-corrected chi connectivity index (χ4v) is 2.88. The molecule has 1 aromatic heterocycles. The van der Waals surface area contributed by atoms with Gasteiger partial charge in [-0.05, 0) is 48.9 Å². The summed E-state index contributed by atoms with van der Waals surface area (Å²) in [5, 5.41) is 7.76. The second kappa shape index (κ2) is 7.33. The third-order valence-corrected chi connectivity index (χ3v) is 4.16. The van der Waals surface area contributed by atoms with Gasteiger partial charge in [-0.1, -0.05) is 41.6 Å². The third kappa shape index (κ3) is 3.82. The molecule has 0 aliphatic carbocycles. The molecule has 0 fully saturated rings. The zero-order chi connectivity index (χ0) is 18.6. The minimum absolute atomic E-state index is 0.121. The summed E-state index contributed by atoms with van der Waals surface area (Å²) in [6.07, 6.45) is 0.121. The normalized spacial score (nSPS) is 10.7. The van der Waals surface area contributed by atoms with Gasteiger partial charge in [0.25, 0.3) is 0 Å². The van der Waals surface area contributed by atoms with Crippen molar-refractivity contribution < 1.29 is 14.1 Å². The molecule has 1 amide bonds. The first-order chi connectivity index (χ1) is 13.2. The number of hydrogen-bond acceptors (Lipinski definition) is 4. The first-order valence-electron chi connectivity index (χ1n) is 8.66. The number of rotatable bonds is 5. The summed E-state index contributed by atoms with van der Waals surface area (Å²) in [7, 11) is 0. The Morgan fingerprint density at radius 1 is 1.04 bits per heavy atom. The second-order valence-electron chi connectivity index (χ2n) is 6.27. The van der Waals surface area contributed by atoms with Gasteiger partial charge in [0.2, 0.25) is 5.91 Å². The lowest BCUT2D eigenvalue weighted by Crippen LogP contribution is -2.15. The molecule has 0 saturated carbocycles. The van der Waals surface area contributed by atoms with Gasteiger partial charge in [0.1, 0.15) is 11.4 Å². The van der Waals surface area contributed by atoms with E-state index < -0.39 is 0 Å². The van der Waals surface area contributed by atoms with Crippen LogP contribution < -0.4 is 10.1 Å². The summed E-state index contributed by atoms with van der Waals surface area (Å²) in [5.41, 5.74) is 2.99. The van der Waals surface area contributed by atoms with Gasteiger partial charge in [0.05, 0.1) is 12.1 Å². The minimum Gasteiger partial charge on any atom is -0.455 e. The maximum Gasteiger partial charge on any atom is 0.230 e. The Morgan fingerprint density at radius 3 is 2.74 bits per heavy atom. The lowest BCUT2D eigenvalue weighted by molar-refractivity contribution is -0.115. The first kappa shape index (κ1) is 16.8. The van der Waals surface area contributed by atoms with E-state index in [1.807, 2.05) is 79.7 Å². The molecule has 4 rings (SSSR count). The van der Waals surface area contributed by atoms with E-state index in [1.165, 1.54) is 0 Å². The number of para-hydroxylation sites is 3. The zero-order valence-electron chi connectivity index (χ0n) is 14.8. The highest BCUT2D eigenvalue weighted by Crippen LogP contribution is 2.30. The Bertz CT molecular complexity index is 1100. The highest BCUT2D eigenvalue weighted by molar-refractivity contribution is 5.95. The number of nitrogens with one attached hydrogen (secondary N) is 1. The molecule has 27 heavy (non-hydrogen) atoms. The van der Waals surface area contributed by atoms with Gasteiger partial charge in [-0.2, -0.15) is 0 Å². The zero-order valence-corrected chi connectivity index (χ0v) is 14.8. The largest absolute Gasteiger partial charge is 0.455 e. The molecule has 0 aliphatic rings. The van der Waals surface area contributed by atoms with Crippen molar-refractivity contribution in [2.45, 2.75) is 13.3 Å². The Labute approximate surface area is 156 Å². The van der Waals surface area contributed by atoms with Crippen molar-refractivity contribution in [2.75, 3.05) is 5.32 Å². The Balaban J connectivity index is 1.51. The van der Waals surface area contributed by atoms with E-state index in [0.29, 0.717) is 22.7 Å². The van der Waals surface area contributed by atoms with Crippen LogP contribution in [-0.2, 0) is 11.2 Å². The van der Waals surface area contributed by atoms with Crippen LogP contribution in [0.2, 0.25) is 0 Å². The number of amides is 1. The van der Waals surface area contributed by atoms with Crippen LogP contribution in [0.25, 0.3) is 11.0 Å². The number of benzene rings is 3. The molecule has 0 unspecified atom stereocenters. The molecule has 0 aliphatic heterocycles. The van der Waals surface area contributed by atoms with Crippen molar-refractivity contribution in [1.29, 1.82) is 0 Å². The van der Waals surface area contributed by atoms with E-state index in [1.54, 1.807) is 0 Å². The fraction of sp³-hybridized carbons (Fsp3) is 0.0909. The fourth-order valence-electron chi connectivity index (χ4n) is 2.88. The van der Waals surface area contributed by atoms with Crippen molar-refractivity contribution in [3.8, 4) is 11.5 Å². The van der Waals surface area contributed by atoms with Crippen molar-refractivity contribution in [3.05, 3.63) is 84.1 Å².